The standard InChI is InChI=1S/C14H15FN2S/c1-9-8-12(18)17-13(16-9)14(2,3)10-4-6-11(15)7-5-10/h4-8H,1-3H3,(H,16,17,18). The van der Waals surface area contributed by atoms with E-state index in [1.54, 1.807) is 12.1 Å². The minimum Gasteiger partial charge on any atom is -0.347 e. The van der Waals surface area contributed by atoms with Gasteiger partial charge in [-0.3, -0.25) is 0 Å². The minimum atomic E-state index is -0.340. The third kappa shape index (κ3) is 2.48. The van der Waals surface area contributed by atoms with Crippen molar-refractivity contribution in [3.8, 4) is 0 Å². The third-order valence-electron chi connectivity index (χ3n) is 3.04. The number of hydrogen-bond acceptors (Lipinski definition) is 2. The first-order chi connectivity index (χ1) is 8.39. The monoisotopic (exact) mass is 262 g/mol. The zero-order valence-corrected chi connectivity index (χ0v) is 11.4. The van der Waals surface area contributed by atoms with Crippen molar-refractivity contribution in [1.82, 2.24) is 9.97 Å². The van der Waals surface area contributed by atoms with Crippen LogP contribution in [0.4, 0.5) is 4.39 Å². The quantitative estimate of drug-likeness (QED) is 0.831. The summed E-state index contributed by atoms with van der Waals surface area (Å²) in [5, 5.41) is 0. The van der Waals surface area contributed by atoms with Gasteiger partial charge in [-0.05, 0) is 44.5 Å². The minimum absolute atomic E-state index is 0.236. The lowest BCUT2D eigenvalue weighted by Gasteiger charge is -2.24. The van der Waals surface area contributed by atoms with E-state index in [1.165, 1.54) is 12.1 Å². The highest BCUT2D eigenvalue weighted by Crippen LogP contribution is 2.28. The number of hydrogen-bond donors (Lipinski definition) is 1. The average molecular weight is 262 g/mol. The van der Waals surface area contributed by atoms with Crippen molar-refractivity contribution in [3.63, 3.8) is 0 Å². The Bertz CT molecular complexity index is 614. The molecular weight excluding hydrogens is 247 g/mol. The molecule has 0 aliphatic heterocycles. The molecule has 0 bridgehead atoms. The second kappa shape index (κ2) is 4.61. The number of benzene rings is 1. The van der Waals surface area contributed by atoms with Gasteiger partial charge in [0.1, 0.15) is 16.3 Å². The molecule has 1 N–H and O–H groups in total. The molecule has 0 radical (unpaired) electrons. The molecule has 18 heavy (non-hydrogen) atoms. The molecule has 0 atom stereocenters. The van der Waals surface area contributed by atoms with E-state index < -0.39 is 0 Å². The summed E-state index contributed by atoms with van der Waals surface area (Å²) in [5.41, 5.74) is 1.63. The van der Waals surface area contributed by atoms with Crippen LogP contribution in [0.5, 0.6) is 0 Å². The maximum atomic E-state index is 13.0. The Hall–Kier alpha value is -1.55. The van der Waals surface area contributed by atoms with Crippen LogP contribution in [-0.2, 0) is 5.41 Å². The van der Waals surface area contributed by atoms with Crippen LogP contribution in [0.1, 0.15) is 30.9 Å². The Labute approximate surface area is 111 Å². The van der Waals surface area contributed by atoms with Gasteiger partial charge in [-0.25, -0.2) is 9.37 Å². The molecule has 0 saturated heterocycles. The van der Waals surface area contributed by atoms with E-state index in [-0.39, 0.29) is 11.2 Å². The van der Waals surface area contributed by atoms with E-state index in [9.17, 15) is 4.39 Å². The summed E-state index contributed by atoms with van der Waals surface area (Å²) in [6, 6.07) is 8.29. The van der Waals surface area contributed by atoms with E-state index in [4.69, 9.17) is 12.2 Å². The fraction of sp³-hybridized carbons (Fsp3) is 0.286. The maximum Gasteiger partial charge on any atom is 0.130 e. The summed E-state index contributed by atoms with van der Waals surface area (Å²) in [7, 11) is 0. The zero-order valence-electron chi connectivity index (χ0n) is 10.6. The molecule has 2 nitrogen and oxygen atoms in total. The predicted octanol–water partition coefficient (Wildman–Crippen LogP) is 3.91. The SMILES string of the molecule is Cc1cc(=S)nc(C(C)(C)c2ccc(F)cc2)[nH]1. The Balaban J connectivity index is 2.53. The van der Waals surface area contributed by atoms with Gasteiger partial charge in [0.05, 0.1) is 0 Å². The van der Waals surface area contributed by atoms with Crippen LogP contribution in [0.2, 0.25) is 0 Å². The fourth-order valence-corrected chi connectivity index (χ4v) is 2.15. The van der Waals surface area contributed by atoms with Gasteiger partial charge in [0.25, 0.3) is 0 Å². The van der Waals surface area contributed by atoms with Gasteiger partial charge in [0.15, 0.2) is 0 Å². The highest BCUT2D eigenvalue weighted by Gasteiger charge is 2.25. The molecule has 1 aromatic carbocycles. The summed E-state index contributed by atoms with van der Waals surface area (Å²) in [4.78, 5) is 7.60. The van der Waals surface area contributed by atoms with E-state index in [0.717, 1.165) is 17.1 Å². The van der Waals surface area contributed by atoms with Crippen LogP contribution in [0.3, 0.4) is 0 Å². The Morgan fingerprint density at radius 2 is 1.83 bits per heavy atom. The van der Waals surface area contributed by atoms with Crippen LogP contribution in [-0.4, -0.2) is 9.97 Å². The van der Waals surface area contributed by atoms with E-state index in [2.05, 4.69) is 9.97 Å². The fourth-order valence-electron chi connectivity index (χ4n) is 1.88. The van der Waals surface area contributed by atoms with Crippen molar-refractivity contribution in [2.24, 2.45) is 0 Å². The van der Waals surface area contributed by atoms with Crippen molar-refractivity contribution >= 4 is 12.2 Å². The second-order valence-corrected chi connectivity index (χ2v) is 5.30. The summed E-state index contributed by atoms with van der Waals surface area (Å²) >= 11 is 5.14. The van der Waals surface area contributed by atoms with Gasteiger partial charge in [-0.2, -0.15) is 0 Å². The van der Waals surface area contributed by atoms with Crippen molar-refractivity contribution in [1.29, 1.82) is 0 Å². The molecule has 0 spiro atoms. The van der Waals surface area contributed by atoms with Crippen LogP contribution < -0.4 is 0 Å². The van der Waals surface area contributed by atoms with E-state index in [0.29, 0.717) is 4.64 Å². The molecule has 0 aliphatic carbocycles. The Morgan fingerprint density at radius 3 is 2.39 bits per heavy atom. The molecule has 2 aromatic rings. The van der Waals surface area contributed by atoms with Gasteiger partial charge in [0, 0.05) is 11.1 Å². The summed E-state index contributed by atoms with van der Waals surface area (Å²) in [6.07, 6.45) is 0. The lowest BCUT2D eigenvalue weighted by Crippen LogP contribution is -2.22. The lowest BCUT2D eigenvalue weighted by molar-refractivity contribution is 0.579. The molecule has 4 heteroatoms. The number of nitrogens with one attached hydrogen (secondary N) is 1. The van der Waals surface area contributed by atoms with Gasteiger partial charge in [-0.15, -0.1) is 0 Å². The molecule has 1 heterocycles. The number of halogens is 1. The highest BCUT2D eigenvalue weighted by molar-refractivity contribution is 7.71. The van der Waals surface area contributed by atoms with Gasteiger partial charge in [-0.1, -0.05) is 24.4 Å². The number of aryl methyl sites for hydroxylation is 1. The summed E-state index contributed by atoms with van der Waals surface area (Å²) < 4.78 is 13.5. The second-order valence-electron chi connectivity index (χ2n) is 4.88. The molecule has 2 rings (SSSR count). The molecule has 0 saturated carbocycles. The van der Waals surface area contributed by atoms with Crippen LogP contribution in [0.15, 0.2) is 30.3 Å². The molecular formula is C14H15FN2S. The smallest absolute Gasteiger partial charge is 0.130 e. The summed E-state index contributed by atoms with van der Waals surface area (Å²) in [6.45, 7) is 6.02. The topological polar surface area (TPSA) is 28.7 Å². The average Bonchev–Trinajstić information content (AvgIpc) is 2.28. The first kappa shape index (κ1) is 12.9. The normalized spacial score (nSPS) is 11.6. The van der Waals surface area contributed by atoms with Crippen molar-refractivity contribution in [3.05, 3.63) is 57.9 Å². The van der Waals surface area contributed by atoms with Crippen LogP contribution >= 0.6 is 12.2 Å². The zero-order chi connectivity index (χ0) is 13.3. The van der Waals surface area contributed by atoms with E-state index in [1.807, 2.05) is 26.8 Å². The number of aromatic amines is 1. The number of rotatable bonds is 2. The first-order valence-electron chi connectivity index (χ1n) is 5.74. The van der Waals surface area contributed by atoms with Crippen molar-refractivity contribution in [2.45, 2.75) is 26.2 Å². The Morgan fingerprint density at radius 1 is 1.22 bits per heavy atom. The van der Waals surface area contributed by atoms with Crippen LogP contribution in [0.25, 0.3) is 0 Å². The predicted molar refractivity (Wildman–Crippen MR) is 72.7 cm³/mol. The molecule has 94 valence electrons. The van der Waals surface area contributed by atoms with Crippen LogP contribution in [0, 0.1) is 17.4 Å². The molecule has 0 fully saturated rings. The summed E-state index contributed by atoms with van der Waals surface area (Å²) in [5.74, 6) is 0.554. The largest absolute Gasteiger partial charge is 0.347 e. The lowest BCUT2D eigenvalue weighted by atomic mass is 9.83. The number of H-pyrrole nitrogens is 1. The molecule has 1 aromatic heterocycles. The van der Waals surface area contributed by atoms with Gasteiger partial charge in [0.2, 0.25) is 0 Å². The molecule has 0 amide bonds. The molecule has 0 unspecified atom stereocenters. The third-order valence-corrected chi connectivity index (χ3v) is 3.24. The Kier molecular flexibility index (Phi) is 3.30. The number of aromatic nitrogens is 2. The van der Waals surface area contributed by atoms with E-state index >= 15 is 0 Å². The maximum absolute atomic E-state index is 13.0. The first-order valence-corrected chi connectivity index (χ1v) is 6.15. The highest BCUT2D eigenvalue weighted by atomic mass is 32.1. The van der Waals surface area contributed by atoms with Crippen molar-refractivity contribution < 1.29 is 4.39 Å². The molecule has 0 aliphatic rings. The van der Waals surface area contributed by atoms with Gasteiger partial charge >= 0.3 is 0 Å². The number of nitrogens with zero attached hydrogens (tertiary/aromatic N) is 1. The van der Waals surface area contributed by atoms with Gasteiger partial charge < -0.3 is 4.98 Å². The van der Waals surface area contributed by atoms with Crippen molar-refractivity contribution in [2.75, 3.05) is 0 Å².